The first-order valence-electron chi connectivity index (χ1n) is 8.09. The predicted molar refractivity (Wildman–Crippen MR) is 97.9 cm³/mol. The molecule has 1 N–H and O–H groups in total. The Balaban J connectivity index is 2.30. The highest BCUT2D eigenvalue weighted by Gasteiger charge is 2.19. The third kappa shape index (κ3) is 4.05. The van der Waals surface area contributed by atoms with E-state index in [0.717, 1.165) is 16.7 Å². The molecule has 1 amide bonds. The van der Waals surface area contributed by atoms with Crippen LogP contribution in [0.25, 0.3) is 0 Å². The summed E-state index contributed by atoms with van der Waals surface area (Å²) in [5, 5.41) is 3.03. The second kappa shape index (κ2) is 7.92. The first kappa shape index (κ1) is 18.6. The average Bonchev–Trinajstić information content (AvgIpc) is 2.61. The summed E-state index contributed by atoms with van der Waals surface area (Å²) in [5.74, 6) is 1.16. The molecular weight excluding hydrogens is 318 g/mol. The Bertz CT molecular complexity index is 745. The van der Waals surface area contributed by atoms with Gasteiger partial charge in [0.2, 0.25) is 5.75 Å². The number of rotatable bonds is 6. The Morgan fingerprint density at radius 3 is 2.08 bits per heavy atom. The van der Waals surface area contributed by atoms with Crippen LogP contribution >= 0.6 is 0 Å². The van der Waals surface area contributed by atoms with E-state index in [2.05, 4.69) is 23.5 Å². The van der Waals surface area contributed by atoms with Gasteiger partial charge in [0.15, 0.2) is 11.5 Å². The molecule has 0 fully saturated rings. The molecular formula is C20H25NO4. The van der Waals surface area contributed by atoms with Gasteiger partial charge in [-0.2, -0.15) is 0 Å². The first-order valence-corrected chi connectivity index (χ1v) is 8.09. The highest BCUT2D eigenvalue weighted by Crippen LogP contribution is 2.38. The minimum absolute atomic E-state index is 0.119. The molecule has 134 valence electrons. The van der Waals surface area contributed by atoms with Gasteiger partial charge in [-0.1, -0.05) is 23.8 Å². The van der Waals surface area contributed by atoms with Gasteiger partial charge < -0.3 is 19.5 Å². The summed E-state index contributed by atoms with van der Waals surface area (Å²) in [5.41, 5.74) is 3.85. The van der Waals surface area contributed by atoms with Crippen molar-refractivity contribution >= 4 is 5.91 Å². The third-order valence-electron chi connectivity index (χ3n) is 4.18. The average molecular weight is 343 g/mol. The van der Waals surface area contributed by atoms with Crippen LogP contribution in [0.3, 0.4) is 0 Å². The van der Waals surface area contributed by atoms with E-state index in [1.54, 1.807) is 12.1 Å². The Morgan fingerprint density at radius 2 is 1.56 bits per heavy atom. The molecule has 25 heavy (non-hydrogen) atoms. The van der Waals surface area contributed by atoms with Crippen molar-refractivity contribution in [3.05, 3.63) is 52.6 Å². The Hall–Kier alpha value is -2.69. The van der Waals surface area contributed by atoms with Crippen LogP contribution < -0.4 is 19.5 Å². The first-order chi connectivity index (χ1) is 11.9. The molecule has 0 bridgehead atoms. The standard InChI is InChI=1S/C20H25NO4/c1-12-7-8-13(2)16(9-12)14(3)21-20(22)15-10-17(23-4)19(25-6)18(11-15)24-5/h7-11,14H,1-6H3,(H,21,22). The molecule has 0 aliphatic rings. The number of hydrogen-bond donors (Lipinski definition) is 1. The van der Waals surface area contributed by atoms with Crippen LogP contribution in [0.1, 0.15) is 40.0 Å². The highest BCUT2D eigenvalue weighted by molar-refractivity contribution is 5.95. The number of amides is 1. The van der Waals surface area contributed by atoms with Crippen molar-refractivity contribution in [2.45, 2.75) is 26.8 Å². The molecule has 2 aromatic rings. The topological polar surface area (TPSA) is 56.8 Å². The van der Waals surface area contributed by atoms with Gasteiger partial charge in [-0.3, -0.25) is 4.79 Å². The quantitative estimate of drug-likeness (QED) is 0.866. The van der Waals surface area contributed by atoms with E-state index in [-0.39, 0.29) is 11.9 Å². The fourth-order valence-corrected chi connectivity index (χ4v) is 2.80. The SMILES string of the molecule is COc1cc(C(=O)NC(C)c2cc(C)ccc2C)cc(OC)c1OC. The van der Waals surface area contributed by atoms with Crippen LogP contribution in [-0.2, 0) is 0 Å². The van der Waals surface area contributed by atoms with Crippen molar-refractivity contribution in [3.8, 4) is 17.2 Å². The lowest BCUT2D eigenvalue weighted by Gasteiger charge is -2.19. The lowest BCUT2D eigenvalue weighted by Crippen LogP contribution is -2.27. The van der Waals surface area contributed by atoms with Crippen LogP contribution in [0.4, 0.5) is 0 Å². The number of hydrogen-bond acceptors (Lipinski definition) is 4. The van der Waals surface area contributed by atoms with Crippen molar-refractivity contribution < 1.29 is 19.0 Å². The van der Waals surface area contributed by atoms with E-state index in [4.69, 9.17) is 14.2 Å². The zero-order valence-electron chi connectivity index (χ0n) is 15.6. The zero-order chi connectivity index (χ0) is 18.6. The van der Waals surface area contributed by atoms with Crippen molar-refractivity contribution in [2.75, 3.05) is 21.3 Å². The van der Waals surface area contributed by atoms with Gasteiger partial charge in [0.25, 0.3) is 5.91 Å². The second-order valence-electron chi connectivity index (χ2n) is 5.97. The Morgan fingerprint density at radius 1 is 0.960 bits per heavy atom. The molecule has 0 aromatic heterocycles. The van der Waals surface area contributed by atoms with Crippen LogP contribution in [0.15, 0.2) is 30.3 Å². The molecule has 0 saturated heterocycles. The number of carbonyl (C=O) groups is 1. The number of aryl methyl sites for hydroxylation is 2. The molecule has 0 saturated carbocycles. The monoisotopic (exact) mass is 343 g/mol. The van der Waals surface area contributed by atoms with E-state index < -0.39 is 0 Å². The number of benzene rings is 2. The van der Waals surface area contributed by atoms with Crippen LogP contribution in [-0.4, -0.2) is 27.2 Å². The molecule has 0 aliphatic carbocycles. The zero-order valence-corrected chi connectivity index (χ0v) is 15.6. The molecule has 2 rings (SSSR count). The van der Waals surface area contributed by atoms with Gasteiger partial charge in [-0.25, -0.2) is 0 Å². The van der Waals surface area contributed by atoms with Crippen LogP contribution in [0.5, 0.6) is 17.2 Å². The lowest BCUT2D eigenvalue weighted by atomic mass is 9.99. The van der Waals surface area contributed by atoms with E-state index in [1.807, 2.05) is 20.8 Å². The minimum atomic E-state index is -0.201. The Labute approximate surface area is 148 Å². The molecule has 2 aromatic carbocycles. The molecule has 0 radical (unpaired) electrons. The maximum Gasteiger partial charge on any atom is 0.252 e. The largest absolute Gasteiger partial charge is 0.493 e. The summed E-state index contributed by atoms with van der Waals surface area (Å²) < 4.78 is 15.9. The van der Waals surface area contributed by atoms with Crippen LogP contribution in [0.2, 0.25) is 0 Å². The van der Waals surface area contributed by atoms with Gasteiger partial charge >= 0.3 is 0 Å². The summed E-state index contributed by atoms with van der Waals surface area (Å²) in [6.07, 6.45) is 0. The lowest BCUT2D eigenvalue weighted by molar-refractivity contribution is 0.0939. The number of nitrogens with one attached hydrogen (secondary N) is 1. The summed E-state index contributed by atoms with van der Waals surface area (Å²) in [6, 6.07) is 9.39. The van der Waals surface area contributed by atoms with E-state index in [1.165, 1.54) is 21.3 Å². The van der Waals surface area contributed by atoms with E-state index in [0.29, 0.717) is 22.8 Å². The fourth-order valence-electron chi connectivity index (χ4n) is 2.80. The summed E-state index contributed by atoms with van der Waals surface area (Å²) in [7, 11) is 4.58. The molecule has 0 aliphatic heterocycles. The van der Waals surface area contributed by atoms with Gasteiger partial charge in [-0.15, -0.1) is 0 Å². The maximum atomic E-state index is 12.7. The molecule has 5 heteroatoms. The number of methoxy groups -OCH3 is 3. The Kier molecular flexibility index (Phi) is 5.91. The highest BCUT2D eigenvalue weighted by atomic mass is 16.5. The van der Waals surface area contributed by atoms with Gasteiger partial charge in [0, 0.05) is 5.56 Å². The second-order valence-corrected chi connectivity index (χ2v) is 5.97. The van der Waals surface area contributed by atoms with E-state index in [9.17, 15) is 4.79 Å². The number of ether oxygens (including phenoxy) is 3. The summed E-state index contributed by atoms with van der Waals surface area (Å²) in [4.78, 5) is 12.7. The fraction of sp³-hybridized carbons (Fsp3) is 0.350. The molecule has 0 spiro atoms. The normalized spacial score (nSPS) is 11.6. The van der Waals surface area contributed by atoms with E-state index >= 15 is 0 Å². The summed E-state index contributed by atoms with van der Waals surface area (Å²) in [6.45, 7) is 6.05. The van der Waals surface area contributed by atoms with Gasteiger partial charge in [-0.05, 0) is 44.0 Å². The minimum Gasteiger partial charge on any atom is -0.493 e. The maximum absolute atomic E-state index is 12.7. The van der Waals surface area contributed by atoms with Crippen molar-refractivity contribution in [1.29, 1.82) is 0 Å². The molecule has 0 heterocycles. The van der Waals surface area contributed by atoms with Crippen molar-refractivity contribution in [1.82, 2.24) is 5.32 Å². The van der Waals surface area contributed by atoms with Crippen molar-refractivity contribution in [3.63, 3.8) is 0 Å². The van der Waals surface area contributed by atoms with Crippen LogP contribution in [0, 0.1) is 13.8 Å². The molecule has 1 atom stereocenters. The van der Waals surface area contributed by atoms with Gasteiger partial charge in [0.1, 0.15) is 0 Å². The predicted octanol–water partition coefficient (Wildman–Crippen LogP) is 3.82. The number of carbonyl (C=O) groups excluding carboxylic acids is 1. The summed E-state index contributed by atoms with van der Waals surface area (Å²) >= 11 is 0. The van der Waals surface area contributed by atoms with Gasteiger partial charge in [0.05, 0.1) is 27.4 Å². The van der Waals surface area contributed by atoms with Crippen molar-refractivity contribution in [2.24, 2.45) is 0 Å². The molecule has 1 unspecified atom stereocenters. The smallest absolute Gasteiger partial charge is 0.252 e. The molecule has 5 nitrogen and oxygen atoms in total. The third-order valence-corrected chi connectivity index (χ3v) is 4.18.